The highest BCUT2D eigenvalue weighted by Gasteiger charge is 2.66. The molecule has 13 heteroatoms. The van der Waals surface area contributed by atoms with E-state index in [0.29, 0.717) is 45.6 Å². The number of fused-ring (bicyclic) bond motifs is 1. The van der Waals surface area contributed by atoms with E-state index in [1.165, 1.54) is 12.4 Å². The quantitative estimate of drug-likeness (QED) is 0.168. The number of nitrogens with one attached hydrogen (secondary N) is 3. The number of nitriles is 2. The molecule has 2 aromatic carbocycles. The molecule has 0 bridgehead atoms. The molecule has 1 aliphatic rings. The highest BCUT2D eigenvalue weighted by atomic mass is 19.4. The lowest BCUT2D eigenvalue weighted by Crippen LogP contribution is -2.35. The Hall–Kier alpha value is -5.43. The fourth-order valence-electron chi connectivity index (χ4n) is 5.61. The van der Waals surface area contributed by atoms with Crippen molar-refractivity contribution < 1.29 is 13.2 Å². The second kappa shape index (κ2) is 11.2. The van der Waals surface area contributed by atoms with E-state index in [-0.39, 0.29) is 24.0 Å². The van der Waals surface area contributed by atoms with Crippen molar-refractivity contribution in [3.63, 3.8) is 0 Å². The fourth-order valence-corrected chi connectivity index (χ4v) is 5.61. The molecule has 10 nitrogen and oxygen atoms in total. The van der Waals surface area contributed by atoms with Crippen LogP contribution in [0.2, 0.25) is 0 Å². The molecule has 0 aliphatic heterocycles. The highest BCUT2D eigenvalue weighted by Crippen LogP contribution is 2.55. The minimum Gasteiger partial charge on any atom is -0.383 e. The standard InChI is InChI=1S/C33H31F3N10/c1-19-22(25-8-11-41-43-25)6-5-7-23(19)30(27-17-46(45-44-27)32(9-10-32)33(34,35)36)42-26-13-20(14-37)12-24-28(40-18-31(2,3)4)21(15-38)16-39-29(24)26/h5-8,11-13,16-17,30,42H,9-10,18H2,1-4H3,(H,39,40)(H,41,43)/t30-/m0/s1. The molecular weight excluding hydrogens is 593 g/mol. The Labute approximate surface area is 263 Å². The zero-order valence-electron chi connectivity index (χ0n) is 25.7. The molecule has 46 heavy (non-hydrogen) atoms. The normalized spacial score (nSPS) is 14.8. The smallest absolute Gasteiger partial charge is 0.383 e. The summed E-state index contributed by atoms with van der Waals surface area (Å²) in [4.78, 5) is 4.60. The molecule has 6 rings (SSSR count). The maximum atomic E-state index is 14.0. The molecule has 0 saturated heterocycles. The Bertz CT molecular complexity index is 2000. The van der Waals surface area contributed by atoms with Gasteiger partial charge in [-0.2, -0.15) is 28.8 Å². The van der Waals surface area contributed by atoms with Crippen molar-refractivity contribution in [2.24, 2.45) is 5.41 Å². The number of nitrogens with zero attached hydrogens (tertiary/aromatic N) is 7. The van der Waals surface area contributed by atoms with Crippen LogP contribution in [0.4, 0.5) is 24.5 Å². The zero-order chi connectivity index (χ0) is 32.9. The van der Waals surface area contributed by atoms with Crippen LogP contribution in [-0.4, -0.2) is 42.9 Å². The van der Waals surface area contributed by atoms with Gasteiger partial charge >= 0.3 is 6.18 Å². The van der Waals surface area contributed by atoms with Gasteiger partial charge < -0.3 is 10.6 Å². The average molecular weight is 625 g/mol. The van der Waals surface area contributed by atoms with Gasteiger partial charge in [0.05, 0.1) is 52.0 Å². The SMILES string of the molecule is Cc1c(-c2cc[nH]n2)cccc1[C@H](Nc1cc(C#N)cc2c(NCC(C)(C)C)c(C#N)cnc12)c1cn(C2(C(F)(F)F)CC2)nn1. The van der Waals surface area contributed by atoms with Crippen LogP contribution in [0, 0.1) is 35.0 Å². The molecule has 1 fully saturated rings. The van der Waals surface area contributed by atoms with Gasteiger partial charge in [0, 0.05) is 29.9 Å². The number of aromatic amines is 1. The van der Waals surface area contributed by atoms with Crippen LogP contribution in [0.3, 0.4) is 0 Å². The maximum absolute atomic E-state index is 14.0. The first-order chi connectivity index (χ1) is 21.8. The maximum Gasteiger partial charge on any atom is 0.413 e. The summed E-state index contributed by atoms with van der Waals surface area (Å²) in [6.07, 6.45) is -0.106. The Morgan fingerprint density at radius 2 is 1.89 bits per heavy atom. The highest BCUT2D eigenvalue weighted by molar-refractivity contribution is 6.01. The van der Waals surface area contributed by atoms with Gasteiger partial charge in [-0.1, -0.05) is 44.2 Å². The number of aromatic nitrogens is 6. The monoisotopic (exact) mass is 624 g/mol. The summed E-state index contributed by atoms with van der Waals surface area (Å²) in [6, 6.07) is 14.4. The Balaban J connectivity index is 1.52. The molecule has 0 radical (unpaired) electrons. The van der Waals surface area contributed by atoms with Crippen LogP contribution in [0.25, 0.3) is 22.2 Å². The van der Waals surface area contributed by atoms with E-state index in [1.54, 1.807) is 18.3 Å². The number of rotatable bonds is 8. The summed E-state index contributed by atoms with van der Waals surface area (Å²) >= 11 is 0. The minimum absolute atomic E-state index is 0.0740. The number of alkyl halides is 3. The number of H-pyrrole nitrogens is 1. The van der Waals surface area contributed by atoms with Gasteiger partial charge in [0.2, 0.25) is 0 Å². The molecule has 1 saturated carbocycles. The minimum atomic E-state index is -4.48. The summed E-state index contributed by atoms with van der Waals surface area (Å²) < 4.78 is 43.1. The van der Waals surface area contributed by atoms with Crippen LogP contribution in [0.15, 0.2) is 55.0 Å². The van der Waals surface area contributed by atoms with Gasteiger partial charge in [-0.15, -0.1) is 5.10 Å². The van der Waals surface area contributed by atoms with Crippen molar-refractivity contribution in [3.8, 4) is 23.4 Å². The first-order valence-electron chi connectivity index (χ1n) is 14.7. The van der Waals surface area contributed by atoms with Crippen molar-refractivity contribution in [2.45, 2.75) is 58.3 Å². The molecule has 0 spiro atoms. The van der Waals surface area contributed by atoms with Gasteiger partial charge in [0.1, 0.15) is 11.8 Å². The Morgan fingerprint density at radius 3 is 2.52 bits per heavy atom. The van der Waals surface area contributed by atoms with Crippen LogP contribution in [0.5, 0.6) is 0 Å². The Morgan fingerprint density at radius 1 is 1.11 bits per heavy atom. The largest absolute Gasteiger partial charge is 0.413 e. The number of benzene rings is 2. The predicted molar refractivity (Wildman–Crippen MR) is 167 cm³/mol. The van der Waals surface area contributed by atoms with Crippen molar-refractivity contribution in [3.05, 3.63) is 82.9 Å². The van der Waals surface area contributed by atoms with Gasteiger partial charge in [-0.05, 0) is 54.5 Å². The predicted octanol–water partition coefficient (Wildman–Crippen LogP) is 6.98. The zero-order valence-corrected chi connectivity index (χ0v) is 25.7. The molecular formula is C33H31F3N10. The van der Waals surface area contributed by atoms with Crippen LogP contribution in [-0.2, 0) is 5.54 Å². The lowest BCUT2D eigenvalue weighted by atomic mass is 9.93. The van der Waals surface area contributed by atoms with Crippen LogP contribution < -0.4 is 10.6 Å². The molecule has 0 amide bonds. The van der Waals surface area contributed by atoms with Crippen molar-refractivity contribution >= 4 is 22.3 Å². The van der Waals surface area contributed by atoms with E-state index in [0.717, 1.165) is 21.4 Å². The van der Waals surface area contributed by atoms with E-state index >= 15 is 0 Å². The van der Waals surface area contributed by atoms with E-state index in [4.69, 9.17) is 0 Å². The third-order valence-electron chi connectivity index (χ3n) is 8.28. The molecule has 234 valence electrons. The molecule has 3 aromatic heterocycles. The van der Waals surface area contributed by atoms with Crippen LogP contribution >= 0.6 is 0 Å². The van der Waals surface area contributed by atoms with Gasteiger partial charge in [-0.3, -0.25) is 10.1 Å². The van der Waals surface area contributed by atoms with E-state index in [9.17, 15) is 23.7 Å². The molecule has 1 atom stereocenters. The van der Waals surface area contributed by atoms with E-state index in [1.807, 2.05) is 31.2 Å². The molecule has 3 N–H and O–H groups in total. The number of hydrogen-bond donors (Lipinski definition) is 3. The number of halogens is 3. The van der Waals surface area contributed by atoms with Crippen molar-refractivity contribution in [1.82, 2.24) is 30.2 Å². The average Bonchev–Trinajstić information content (AvgIpc) is 3.41. The van der Waals surface area contributed by atoms with E-state index in [2.05, 4.69) is 69.0 Å². The summed E-state index contributed by atoms with van der Waals surface area (Å²) in [5.41, 5.74) is 3.23. The number of pyridine rings is 1. The summed E-state index contributed by atoms with van der Waals surface area (Å²) in [7, 11) is 0. The molecule has 5 aromatic rings. The summed E-state index contributed by atoms with van der Waals surface area (Å²) in [5, 5.41) is 42.6. The van der Waals surface area contributed by atoms with Gasteiger partial charge in [-0.25, -0.2) is 4.68 Å². The second-order valence-electron chi connectivity index (χ2n) is 12.8. The number of anilines is 2. The summed E-state index contributed by atoms with van der Waals surface area (Å²) in [6.45, 7) is 8.64. The molecule has 1 aliphatic carbocycles. The Kier molecular flexibility index (Phi) is 7.43. The molecule has 0 unspecified atom stereocenters. The topological polar surface area (TPSA) is 144 Å². The summed E-state index contributed by atoms with van der Waals surface area (Å²) in [5.74, 6) is 0. The van der Waals surface area contributed by atoms with Crippen molar-refractivity contribution in [2.75, 3.05) is 17.2 Å². The van der Waals surface area contributed by atoms with Gasteiger partial charge in [0.25, 0.3) is 0 Å². The second-order valence-corrected chi connectivity index (χ2v) is 12.8. The lowest BCUT2D eigenvalue weighted by molar-refractivity contribution is -0.182. The molecule has 3 heterocycles. The van der Waals surface area contributed by atoms with Crippen molar-refractivity contribution in [1.29, 1.82) is 10.5 Å². The third-order valence-corrected chi connectivity index (χ3v) is 8.28. The number of hydrogen-bond acceptors (Lipinski definition) is 8. The fraction of sp³-hybridized carbons (Fsp3) is 0.333. The van der Waals surface area contributed by atoms with Crippen LogP contribution in [0.1, 0.15) is 67.6 Å². The first kappa shape index (κ1) is 30.6. The third kappa shape index (κ3) is 5.49. The van der Waals surface area contributed by atoms with Gasteiger partial charge in [0.15, 0.2) is 5.54 Å². The lowest BCUT2D eigenvalue weighted by Gasteiger charge is -2.24. The van der Waals surface area contributed by atoms with E-state index < -0.39 is 17.8 Å². The first-order valence-corrected chi connectivity index (χ1v) is 14.7.